The van der Waals surface area contributed by atoms with Gasteiger partial charge in [-0.25, -0.2) is 0 Å². The first-order chi connectivity index (χ1) is 8.78. The number of nitrogens with two attached hydrogens (primary N) is 1. The second-order valence-electron chi connectivity index (χ2n) is 5.27. The smallest absolute Gasteiger partial charge is 0.0538 e. The van der Waals surface area contributed by atoms with E-state index in [-0.39, 0.29) is 0 Å². The molecule has 102 valence electrons. The minimum absolute atomic E-state index is 0.350. The number of likely N-dealkylation sites (tertiary alicyclic amines) is 1. The number of rotatable bonds is 5. The lowest BCUT2D eigenvalue weighted by atomic mass is 9.93. The van der Waals surface area contributed by atoms with Crippen molar-refractivity contribution in [2.75, 3.05) is 19.6 Å². The van der Waals surface area contributed by atoms with Crippen molar-refractivity contribution in [1.29, 1.82) is 0 Å². The SMILES string of the molecule is CCC1CCN(C(CN)c2cnn(CC)c2)CC1. The van der Waals surface area contributed by atoms with Gasteiger partial charge in [0.1, 0.15) is 0 Å². The summed E-state index contributed by atoms with van der Waals surface area (Å²) in [5, 5.41) is 4.36. The Labute approximate surface area is 110 Å². The van der Waals surface area contributed by atoms with Crippen LogP contribution in [0.25, 0.3) is 0 Å². The van der Waals surface area contributed by atoms with E-state index >= 15 is 0 Å². The van der Waals surface area contributed by atoms with Gasteiger partial charge < -0.3 is 5.73 Å². The van der Waals surface area contributed by atoms with Gasteiger partial charge in [0.25, 0.3) is 0 Å². The van der Waals surface area contributed by atoms with Crippen molar-refractivity contribution in [2.45, 2.75) is 45.7 Å². The highest BCUT2D eigenvalue weighted by atomic mass is 15.3. The monoisotopic (exact) mass is 250 g/mol. The highest BCUT2D eigenvalue weighted by molar-refractivity contribution is 5.11. The van der Waals surface area contributed by atoms with Crippen LogP contribution in [0.15, 0.2) is 12.4 Å². The summed E-state index contributed by atoms with van der Waals surface area (Å²) in [5.74, 6) is 0.915. The molecular formula is C14H26N4. The minimum Gasteiger partial charge on any atom is -0.329 e. The van der Waals surface area contributed by atoms with Crippen molar-refractivity contribution in [3.05, 3.63) is 18.0 Å². The topological polar surface area (TPSA) is 47.1 Å². The van der Waals surface area contributed by atoms with E-state index < -0.39 is 0 Å². The van der Waals surface area contributed by atoms with E-state index in [9.17, 15) is 0 Å². The third kappa shape index (κ3) is 2.93. The van der Waals surface area contributed by atoms with Gasteiger partial charge in [-0.05, 0) is 38.8 Å². The van der Waals surface area contributed by atoms with Crippen LogP contribution in [0.5, 0.6) is 0 Å². The molecule has 0 saturated carbocycles. The molecule has 2 rings (SSSR count). The molecule has 0 aromatic carbocycles. The Morgan fingerprint density at radius 2 is 2.11 bits per heavy atom. The Kier molecular flexibility index (Phi) is 4.78. The average Bonchev–Trinajstić information content (AvgIpc) is 2.89. The third-order valence-corrected chi connectivity index (χ3v) is 4.25. The van der Waals surface area contributed by atoms with Gasteiger partial charge in [-0.1, -0.05) is 13.3 Å². The first-order valence-corrected chi connectivity index (χ1v) is 7.24. The molecule has 1 atom stereocenters. The Morgan fingerprint density at radius 3 is 2.61 bits per heavy atom. The molecule has 0 spiro atoms. The normalized spacial score (nSPS) is 20.2. The fourth-order valence-corrected chi connectivity index (χ4v) is 2.89. The summed E-state index contributed by atoms with van der Waals surface area (Å²) in [6.07, 6.45) is 8.06. The summed E-state index contributed by atoms with van der Waals surface area (Å²) in [5.41, 5.74) is 7.25. The summed E-state index contributed by atoms with van der Waals surface area (Å²) in [6.45, 7) is 8.38. The third-order valence-electron chi connectivity index (χ3n) is 4.25. The van der Waals surface area contributed by atoms with E-state index in [4.69, 9.17) is 5.73 Å². The number of nitrogens with zero attached hydrogens (tertiary/aromatic N) is 3. The minimum atomic E-state index is 0.350. The lowest BCUT2D eigenvalue weighted by molar-refractivity contribution is 0.134. The molecule has 1 aliphatic heterocycles. The molecule has 1 unspecified atom stereocenters. The van der Waals surface area contributed by atoms with E-state index in [0.717, 1.165) is 12.5 Å². The van der Waals surface area contributed by atoms with Gasteiger partial charge in [0.2, 0.25) is 0 Å². The summed E-state index contributed by atoms with van der Waals surface area (Å²) >= 11 is 0. The molecule has 2 heterocycles. The summed E-state index contributed by atoms with van der Waals surface area (Å²) < 4.78 is 1.98. The predicted molar refractivity (Wildman–Crippen MR) is 74.3 cm³/mol. The van der Waals surface area contributed by atoms with Crippen molar-refractivity contribution in [1.82, 2.24) is 14.7 Å². The molecule has 1 saturated heterocycles. The zero-order valence-electron chi connectivity index (χ0n) is 11.7. The maximum absolute atomic E-state index is 5.97. The first kappa shape index (κ1) is 13.6. The van der Waals surface area contributed by atoms with Crippen LogP contribution in [0.1, 0.15) is 44.7 Å². The van der Waals surface area contributed by atoms with Crippen LogP contribution in [-0.4, -0.2) is 34.3 Å². The molecule has 4 heteroatoms. The molecule has 0 radical (unpaired) electrons. The van der Waals surface area contributed by atoms with Crippen LogP contribution < -0.4 is 5.73 Å². The molecule has 1 aromatic rings. The van der Waals surface area contributed by atoms with Gasteiger partial charge in [-0.3, -0.25) is 9.58 Å². The van der Waals surface area contributed by atoms with Crippen molar-refractivity contribution in [3.63, 3.8) is 0 Å². The predicted octanol–water partition coefficient (Wildman–Crippen LogP) is 2.02. The highest BCUT2D eigenvalue weighted by Gasteiger charge is 2.25. The Balaban J connectivity index is 2.00. The molecule has 1 fully saturated rings. The fraction of sp³-hybridized carbons (Fsp3) is 0.786. The maximum atomic E-state index is 5.97. The molecule has 18 heavy (non-hydrogen) atoms. The van der Waals surface area contributed by atoms with Crippen LogP contribution in [0, 0.1) is 5.92 Å². The van der Waals surface area contributed by atoms with Crippen LogP contribution in [0.4, 0.5) is 0 Å². The van der Waals surface area contributed by atoms with E-state index in [1.54, 1.807) is 0 Å². The van der Waals surface area contributed by atoms with E-state index in [2.05, 4.69) is 30.0 Å². The van der Waals surface area contributed by atoms with Gasteiger partial charge in [-0.2, -0.15) is 5.10 Å². The first-order valence-electron chi connectivity index (χ1n) is 7.24. The van der Waals surface area contributed by atoms with Crippen molar-refractivity contribution >= 4 is 0 Å². The number of hydrogen-bond acceptors (Lipinski definition) is 3. The lowest BCUT2D eigenvalue weighted by Crippen LogP contribution is -2.39. The molecule has 1 aromatic heterocycles. The fourth-order valence-electron chi connectivity index (χ4n) is 2.89. The summed E-state index contributed by atoms with van der Waals surface area (Å²) in [7, 11) is 0. The quantitative estimate of drug-likeness (QED) is 0.869. The van der Waals surface area contributed by atoms with Crippen LogP contribution >= 0.6 is 0 Å². The largest absolute Gasteiger partial charge is 0.329 e. The molecule has 2 N–H and O–H groups in total. The number of piperidine rings is 1. The number of aromatic nitrogens is 2. The number of aryl methyl sites for hydroxylation is 1. The van der Waals surface area contributed by atoms with E-state index in [1.165, 1.54) is 37.9 Å². The van der Waals surface area contributed by atoms with Gasteiger partial charge in [0.15, 0.2) is 0 Å². The van der Waals surface area contributed by atoms with Gasteiger partial charge >= 0.3 is 0 Å². The second kappa shape index (κ2) is 6.34. The Morgan fingerprint density at radius 1 is 1.39 bits per heavy atom. The Bertz CT molecular complexity index is 352. The van der Waals surface area contributed by atoms with Crippen molar-refractivity contribution in [3.8, 4) is 0 Å². The lowest BCUT2D eigenvalue weighted by Gasteiger charge is -2.36. The number of hydrogen-bond donors (Lipinski definition) is 1. The zero-order valence-corrected chi connectivity index (χ0v) is 11.7. The van der Waals surface area contributed by atoms with Gasteiger partial charge in [-0.15, -0.1) is 0 Å². The van der Waals surface area contributed by atoms with Crippen LogP contribution in [0.3, 0.4) is 0 Å². The standard InChI is InChI=1S/C14H26N4/c1-3-12-5-7-17(8-6-12)14(9-15)13-10-16-18(4-2)11-13/h10-12,14H,3-9,15H2,1-2H3. The van der Waals surface area contributed by atoms with Crippen molar-refractivity contribution in [2.24, 2.45) is 11.7 Å². The van der Waals surface area contributed by atoms with Crippen molar-refractivity contribution < 1.29 is 0 Å². The Hall–Kier alpha value is -0.870. The molecule has 4 nitrogen and oxygen atoms in total. The molecule has 1 aliphatic rings. The summed E-state index contributed by atoms with van der Waals surface area (Å²) in [6, 6.07) is 0.350. The van der Waals surface area contributed by atoms with E-state index in [0.29, 0.717) is 12.6 Å². The maximum Gasteiger partial charge on any atom is 0.0538 e. The van der Waals surface area contributed by atoms with Gasteiger partial charge in [0, 0.05) is 24.8 Å². The molecule has 0 amide bonds. The summed E-state index contributed by atoms with van der Waals surface area (Å²) in [4.78, 5) is 2.53. The van der Waals surface area contributed by atoms with Crippen LogP contribution in [-0.2, 0) is 6.54 Å². The zero-order chi connectivity index (χ0) is 13.0. The molecule has 0 bridgehead atoms. The second-order valence-corrected chi connectivity index (χ2v) is 5.27. The van der Waals surface area contributed by atoms with Gasteiger partial charge in [0.05, 0.1) is 12.2 Å². The highest BCUT2D eigenvalue weighted by Crippen LogP contribution is 2.27. The van der Waals surface area contributed by atoms with E-state index in [1.807, 2.05) is 10.9 Å². The van der Waals surface area contributed by atoms with Crippen LogP contribution in [0.2, 0.25) is 0 Å². The molecular weight excluding hydrogens is 224 g/mol. The molecule has 0 aliphatic carbocycles. The average molecular weight is 250 g/mol.